The van der Waals surface area contributed by atoms with Crippen LogP contribution in [0.4, 0.5) is 4.39 Å². The van der Waals surface area contributed by atoms with E-state index in [9.17, 15) is 9.18 Å². The molecule has 0 radical (unpaired) electrons. The van der Waals surface area contributed by atoms with Gasteiger partial charge in [-0.3, -0.25) is 4.57 Å². The molecule has 0 saturated heterocycles. The summed E-state index contributed by atoms with van der Waals surface area (Å²) in [5, 5.41) is -0.317. The molecule has 0 amide bonds. The number of aromatic nitrogens is 1. The van der Waals surface area contributed by atoms with Crippen LogP contribution in [0.2, 0.25) is 5.02 Å². The fraction of sp³-hybridized carbons (Fsp3) is 0.133. The SMILES string of the molecule is Cn1c(=O)oc2cc(C(Cl)c3cc(Cl)ccc3F)ccc21. The number of benzene rings is 2. The van der Waals surface area contributed by atoms with Crippen molar-refractivity contribution in [2.24, 2.45) is 7.05 Å². The number of halogens is 3. The van der Waals surface area contributed by atoms with Crippen molar-refractivity contribution in [3.63, 3.8) is 0 Å². The monoisotopic (exact) mass is 325 g/mol. The minimum Gasteiger partial charge on any atom is -0.408 e. The molecule has 1 aromatic heterocycles. The average molecular weight is 326 g/mol. The van der Waals surface area contributed by atoms with Gasteiger partial charge >= 0.3 is 5.76 Å². The number of fused-ring (bicyclic) bond motifs is 1. The molecule has 0 aliphatic rings. The van der Waals surface area contributed by atoms with E-state index in [2.05, 4.69) is 0 Å². The molecular formula is C15H10Cl2FNO2. The number of rotatable bonds is 2. The van der Waals surface area contributed by atoms with Crippen molar-refractivity contribution < 1.29 is 8.81 Å². The first-order valence-corrected chi connectivity index (χ1v) is 6.97. The van der Waals surface area contributed by atoms with Crippen LogP contribution in [0.1, 0.15) is 16.5 Å². The van der Waals surface area contributed by atoms with Crippen LogP contribution in [0.5, 0.6) is 0 Å². The Labute approximate surface area is 129 Å². The van der Waals surface area contributed by atoms with E-state index in [1.807, 2.05) is 0 Å². The first-order valence-electron chi connectivity index (χ1n) is 6.16. The summed E-state index contributed by atoms with van der Waals surface area (Å²) in [6, 6.07) is 9.30. The van der Waals surface area contributed by atoms with E-state index in [-0.39, 0.29) is 5.56 Å². The fourth-order valence-corrected chi connectivity index (χ4v) is 2.68. The number of hydrogen-bond acceptors (Lipinski definition) is 2. The molecule has 0 N–H and O–H groups in total. The Kier molecular flexibility index (Phi) is 3.51. The van der Waals surface area contributed by atoms with E-state index < -0.39 is 17.0 Å². The fourth-order valence-electron chi connectivity index (χ4n) is 2.20. The molecule has 2 aromatic carbocycles. The van der Waals surface area contributed by atoms with Gasteiger partial charge in [0.2, 0.25) is 0 Å². The molecule has 6 heteroatoms. The maximum atomic E-state index is 13.9. The number of oxazole rings is 1. The lowest BCUT2D eigenvalue weighted by Gasteiger charge is -2.11. The highest BCUT2D eigenvalue weighted by atomic mass is 35.5. The zero-order valence-corrected chi connectivity index (χ0v) is 12.5. The Balaban J connectivity index is 2.11. The zero-order chi connectivity index (χ0) is 15.1. The molecule has 3 rings (SSSR count). The molecule has 0 saturated carbocycles. The van der Waals surface area contributed by atoms with Crippen LogP contribution in [-0.4, -0.2) is 4.57 Å². The lowest BCUT2D eigenvalue weighted by atomic mass is 10.0. The van der Waals surface area contributed by atoms with E-state index in [1.165, 1.54) is 22.8 Å². The first-order chi connectivity index (χ1) is 9.97. The molecule has 1 unspecified atom stereocenters. The number of aryl methyl sites for hydroxylation is 1. The van der Waals surface area contributed by atoms with Gasteiger partial charge in [-0.05, 0) is 35.9 Å². The van der Waals surface area contributed by atoms with Gasteiger partial charge in [-0.15, -0.1) is 11.6 Å². The molecule has 3 nitrogen and oxygen atoms in total. The normalized spacial score (nSPS) is 12.8. The summed E-state index contributed by atoms with van der Waals surface area (Å²) in [4.78, 5) is 11.5. The van der Waals surface area contributed by atoms with Crippen LogP contribution in [0.15, 0.2) is 45.6 Å². The molecule has 1 atom stereocenters. The summed E-state index contributed by atoms with van der Waals surface area (Å²) < 4.78 is 20.4. The smallest absolute Gasteiger partial charge is 0.408 e. The number of hydrogen-bond donors (Lipinski definition) is 0. The van der Waals surface area contributed by atoms with Crippen molar-refractivity contribution in [2.75, 3.05) is 0 Å². The van der Waals surface area contributed by atoms with Crippen molar-refractivity contribution in [2.45, 2.75) is 5.38 Å². The molecule has 0 aliphatic heterocycles. The van der Waals surface area contributed by atoms with Crippen molar-refractivity contribution in [3.05, 3.63) is 68.9 Å². The maximum Gasteiger partial charge on any atom is 0.419 e. The van der Waals surface area contributed by atoms with E-state index in [4.69, 9.17) is 27.6 Å². The Morgan fingerprint density at radius 3 is 2.76 bits per heavy atom. The van der Waals surface area contributed by atoms with Crippen LogP contribution in [0.3, 0.4) is 0 Å². The van der Waals surface area contributed by atoms with E-state index >= 15 is 0 Å². The van der Waals surface area contributed by atoms with Gasteiger partial charge in [0.1, 0.15) is 5.82 Å². The van der Waals surface area contributed by atoms with Gasteiger partial charge in [-0.1, -0.05) is 17.7 Å². The van der Waals surface area contributed by atoms with E-state index in [0.717, 1.165) is 0 Å². The number of nitrogens with zero attached hydrogens (tertiary/aromatic N) is 1. The van der Waals surface area contributed by atoms with Gasteiger partial charge in [0.25, 0.3) is 0 Å². The van der Waals surface area contributed by atoms with Crippen LogP contribution >= 0.6 is 23.2 Å². The second kappa shape index (κ2) is 5.20. The third-order valence-corrected chi connectivity index (χ3v) is 4.06. The second-order valence-corrected chi connectivity index (χ2v) is 5.56. The van der Waals surface area contributed by atoms with Crippen LogP contribution in [0.25, 0.3) is 11.1 Å². The van der Waals surface area contributed by atoms with Crippen molar-refractivity contribution in [3.8, 4) is 0 Å². The Morgan fingerprint density at radius 1 is 1.24 bits per heavy atom. The molecule has 1 heterocycles. The molecule has 3 aromatic rings. The summed E-state index contributed by atoms with van der Waals surface area (Å²) in [5.41, 5.74) is 1.97. The molecule has 0 spiro atoms. The molecule has 21 heavy (non-hydrogen) atoms. The molecular weight excluding hydrogens is 316 g/mol. The van der Waals surface area contributed by atoms with Gasteiger partial charge in [0, 0.05) is 17.6 Å². The Morgan fingerprint density at radius 2 is 2.00 bits per heavy atom. The zero-order valence-electron chi connectivity index (χ0n) is 10.9. The van der Waals surface area contributed by atoms with E-state index in [0.29, 0.717) is 21.7 Å². The minimum atomic E-state index is -0.724. The Hall–Kier alpha value is -1.78. The quantitative estimate of drug-likeness (QED) is 0.660. The van der Waals surface area contributed by atoms with Crippen molar-refractivity contribution in [1.29, 1.82) is 0 Å². The summed E-state index contributed by atoms with van der Waals surface area (Å²) in [6.07, 6.45) is 0. The lowest BCUT2D eigenvalue weighted by molar-refractivity contribution is 0.528. The molecule has 0 fully saturated rings. The standard InChI is InChI=1S/C15H10Cl2FNO2/c1-19-12-5-2-8(6-13(12)21-15(19)20)14(17)10-7-9(16)3-4-11(10)18/h2-7,14H,1H3. The summed E-state index contributed by atoms with van der Waals surface area (Å²) in [6.45, 7) is 0. The van der Waals surface area contributed by atoms with Gasteiger partial charge in [0.15, 0.2) is 5.58 Å². The highest BCUT2D eigenvalue weighted by Gasteiger charge is 2.17. The highest BCUT2D eigenvalue weighted by Crippen LogP contribution is 2.33. The first kappa shape index (κ1) is 14.2. The third-order valence-electron chi connectivity index (χ3n) is 3.34. The Bertz CT molecular complexity index is 885. The van der Waals surface area contributed by atoms with E-state index in [1.54, 1.807) is 25.2 Å². The second-order valence-electron chi connectivity index (χ2n) is 4.68. The van der Waals surface area contributed by atoms with Gasteiger partial charge in [-0.2, -0.15) is 0 Å². The van der Waals surface area contributed by atoms with Crippen molar-refractivity contribution >= 4 is 34.3 Å². The maximum absolute atomic E-state index is 13.9. The number of alkyl halides is 1. The summed E-state index contributed by atoms with van der Waals surface area (Å²) in [7, 11) is 1.61. The predicted octanol–water partition coefficient (Wildman–Crippen LogP) is 4.25. The van der Waals surface area contributed by atoms with Gasteiger partial charge < -0.3 is 4.42 Å². The van der Waals surface area contributed by atoms with Crippen molar-refractivity contribution in [1.82, 2.24) is 4.57 Å². The summed E-state index contributed by atoms with van der Waals surface area (Å²) >= 11 is 12.2. The molecule has 0 aliphatic carbocycles. The highest BCUT2D eigenvalue weighted by molar-refractivity contribution is 6.31. The van der Waals surface area contributed by atoms with Crippen LogP contribution < -0.4 is 5.76 Å². The van der Waals surface area contributed by atoms with Crippen LogP contribution in [0, 0.1) is 5.82 Å². The minimum absolute atomic E-state index is 0.279. The largest absolute Gasteiger partial charge is 0.419 e. The topological polar surface area (TPSA) is 35.1 Å². The van der Waals surface area contributed by atoms with Gasteiger partial charge in [-0.25, -0.2) is 9.18 Å². The van der Waals surface area contributed by atoms with Crippen LogP contribution in [-0.2, 0) is 7.05 Å². The lowest BCUT2D eigenvalue weighted by Crippen LogP contribution is -2.08. The predicted molar refractivity (Wildman–Crippen MR) is 80.6 cm³/mol. The summed E-state index contributed by atoms with van der Waals surface area (Å²) in [5.74, 6) is -0.892. The third kappa shape index (κ3) is 2.45. The average Bonchev–Trinajstić information content (AvgIpc) is 2.75. The molecule has 108 valence electrons. The van der Waals surface area contributed by atoms with Gasteiger partial charge in [0.05, 0.1) is 10.9 Å². The molecule has 0 bridgehead atoms.